The summed E-state index contributed by atoms with van der Waals surface area (Å²) in [6, 6.07) is 26.1. The molecule has 9 nitrogen and oxygen atoms in total. The van der Waals surface area contributed by atoms with Gasteiger partial charge in [-0.15, -0.1) is 0 Å². The number of hydrogen-bond donors (Lipinski definition) is 2. The van der Waals surface area contributed by atoms with E-state index in [2.05, 4.69) is 15.8 Å². The molecule has 0 saturated heterocycles. The van der Waals surface area contributed by atoms with E-state index in [-0.39, 0.29) is 28.1 Å². The normalized spacial score (nSPS) is 11.2. The lowest BCUT2D eigenvalue weighted by Gasteiger charge is -2.24. The van der Waals surface area contributed by atoms with Gasteiger partial charge in [-0.3, -0.25) is 13.9 Å². The highest BCUT2D eigenvalue weighted by Crippen LogP contribution is 2.30. The molecule has 0 unspecified atom stereocenters. The fourth-order valence-corrected chi connectivity index (χ4v) is 5.62. The van der Waals surface area contributed by atoms with Crippen LogP contribution in [0.5, 0.6) is 5.75 Å². The zero-order valence-electron chi connectivity index (χ0n) is 22.3. The lowest BCUT2D eigenvalue weighted by molar-refractivity contribution is -0.119. The van der Waals surface area contributed by atoms with Gasteiger partial charge in [0, 0.05) is 10.7 Å². The summed E-state index contributed by atoms with van der Waals surface area (Å²) in [7, 11) is -4.11. The molecule has 0 fully saturated rings. The van der Waals surface area contributed by atoms with Crippen LogP contribution in [-0.4, -0.2) is 39.6 Å². The van der Waals surface area contributed by atoms with Crippen LogP contribution in [0.15, 0.2) is 107 Å². The minimum Gasteiger partial charge on any atom is -0.484 e. The van der Waals surface area contributed by atoms with Crippen molar-refractivity contribution in [3.63, 3.8) is 0 Å². The number of nitrogens with zero attached hydrogens (tertiary/aromatic N) is 2. The first-order chi connectivity index (χ1) is 20.1. The molecule has 0 aliphatic carbocycles. The summed E-state index contributed by atoms with van der Waals surface area (Å²) in [5.74, 6) is -0.567. The lowest BCUT2D eigenvalue weighted by atomic mass is 10.2. The van der Waals surface area contributed by atoms with Crippen molar-refractivity contribution in [1.82, 2.24) is 5.43 Å². The number of carbonyl (C=O) groups is 2. The Morgan fingerprint density at radius 3 is 2.31 bits per heavy atom. The molecule has 0 aliphatic heterocycles. The molecule has 4 aromatic rings. The van der Waals surface area contributed by atoms with Crippen molar-refractivity contribution in [3.8, 4) is 5.75 Å². The van der Waals surface area contributed by atoms with Crippen molar-refractivity contribution in [2.45, 2.75) is 11.8 Å². The van der Waals surface area contributed by atoms with Crippen LogP contribution in [0.4, 0.5) is 11.4 Å². The van der Waals surface area contributed by atoms with Gasteiger partial charge in [0.25, 0.3) is 21.8 Å². The number of carbonyl (C=O) groups excluding carboxylic acids is 2. The number of aryl methyl sites for hydroxylation is 1. The van der Waals surface area contributed by atoms with Gasteiger partial charge in [0.2, 0.25) is 0 Å². The van der Waals surface area contributed by atoms with Crippen LogP contribution in [0.3, 0.4) is 0 Å². The number of amides is 2. The van der Waals surface area contributed by atoms with Crippen molar-refractivity contribution < 1.29 is 22.7 Å². The lowest BCUT2D eigenvalue weighted by Crippen LogP contribution is -2.39. The first kappa shape index (κ1) is 30.6. The quantitative estimate of drug-likeness (QED) is 0.165. The summed E-state index contributed by atoms with van der Waals surface area (Å²) >= 11 is 12.2. The molecule has 0 radical (unpaired) electrons. The predicted molar refractivity (Wildman–Crippen MR) is 165 cm³/mol. The Hall–Kier alpha value is -4.38. The highest BCUT2D eigenvalue weighted by atomic mass is 35.5. The van der Waals surface area contributed by atoms with E-state index in [1.807, 2.05) is 6.92 Å². The van der Waals surface area contributed by atoms with E-state index in [1.165, 1.54) is 24.4 Å². The summed E-state index contributed by atoms with van der Waals surface area (Å²) in [6.45, 7) is 1.08. The van der Waals surface area contributed by atoms with E-state index < -0.39 is 22.5 Å². The molecule has 4 aromatic carbocycles. The fraction of sp³-hybridized carbons (Fsp3) is 0.100. The van der Waals surface area contributed by atoms with Crippen LogP contribution in [0, 0.1) is 6.92 Å². The SMILES string of the molecule is Cc1ccc(S(=O)(=O)N(CC(=O)N/N=C/c2ccc(OCC(=O)Nc3cccc(Cl)c3)cc2)c2ccccc2Cl)cc1. The molecule has 0 aromatic heterocycles. The molecule has 0 heterocycles. The number of hydrazone groups is 1. The van der Waals surface area contributed by atoms with Gasteiger partial charge in [0.05, 0.1) is 21.8 Å². The summed E-state index contributed by atoms with van der Waals surface area (Å²) < 4.78 is 33.4. The summed E-state index contributed by atoms with van der Waals surface area (Å²) in [6.07, 6.45) is 1.39. The second-order valence-electron chi connectivity index (χ2n) is 8.99. The smallest absolute Gasteiger partial charge is 0.264 e. The fourth-order valence-electron chi connectivity index (χ4n) is 3.70. The maximum absolute atomic E-state index is 13.5. The van der Waals surface area contributed by atoms with Crippen LogP contribution in [-0.2, 0) is 19.6 Å². The van der Waals surface area contributed by atoms with Gasteiger partial charge < -0.3 is 10.1 Å². The summed E-state index contributed by atoms with van der Waals surface area (Å²) in [5, 5.41) is 7.31. The number of nitrogens with one attached hydrogen (secondary N) is 2. The van der Waals surface area contributed by atoms with Gasteiger partial charge >= 0.3 is 0 Å². The van der Waals surface area contributed by atoms with Crippen LogP contribution >= 0.6 is 23.2 Å². The number of anilines is 2. The second-order valence-corrected chi connectivity index (χ2v) is 11.7. The highest BCUT2D eigenvalue weighted by Gasteiger charge is 2.28. The van der Waals surface area contributed by atoms with Gasteiger partial charge in [0.15, 0.2) is 6.61 Å². The largest absolute Gasteiger partial charge is 0.484 e. The standard InChI is InChI=1S/C30H26Cl2N4O5S/c1-21-9-15-26(16-10-21)42(39,40)36(28-8-3-2-7-27(28)32)19-29(37)35-33-18-22-11-13-25(14-12-22)41-20-30(38)34-24-6-4-5-23(31)17-24/h2-18H,19-20H2,1H3,(H,34,38)(H,35,37)/b33-18+. The van der Waals surface area contributed by atoms with Crippen molar-refractivity contribution in [1.29, 1.82) is 0 Å². The van der Waals surface area contributed by atoms with E-state index in [4.69, 9.17) is 27.9 Å². The highest BCUT2D eigenvalue weighted by molar-refractivity contribution is 7.92. The molecule has 216 valence electrons. The van der Waals surface area contributed by atoms with Crippen LogP contribution in [0.25, 0.3) is 0 Å². The molecule has 0 atom stereocenters. The van der Waals surface area contributed by atoms with E-state index in [9.17, 15) is 18.0 Å². The van der Waals surface area contributed by atoms with Gasteiger partial charge in [0.1, 0.15) is 12.3 Å². The number of sulfonamides is 1. The third kappa shape index (κ3) is 8.32. The monoisotopic (exact) mass is 624 g/mol. The van der Waals surface area contributed by atoms with E-state index >= 15 is 0 Å². The van der Waals surface area contributed by atoms with Gasteiger partial charge in [-0.25, -0.2) is 13.8 Å². The molecule has 2 amide bonds. The molecule has 2 N–H and O–H groups in total. The number of benzene rings is 4. The van der Waals surface area contributed by atoms with Crippen molar-refractivity contribution in [2.75, 3.05) is 22.8 Å². The minimum atomic E-state index is -4.11. The third-order valence-corrected chi connectivity index (χ3v) is 8.11. The van der Waals surface area contributed by atoms with E-state index in [1.54, 1.807) is 78.9 Å². The van der Waals surface area contributed by atoms with E-state index in [0.717, 1.165) is 9.87 Å². The second kappa shape index (κ2) is 14.0. The minimum absolute atomic E-state index is 0.0218. The maximum atomic E-state index is 13.5. The topological polar surface area (TPSA) is 117 Å². The summed E-state index contributed by atoms with van der Waals surface area (Å²) in [5.41, 5.74) is 4.60. The molecule has 42 heavy (non-hydrogen) atoms. The van der Waals surface area contributed by atoms with Crippen LogP contribution < -0.4 is 19.8 Å². The van der Waals surface area contributed by atoms with E-state index in [0.29, 0.717) is 22.0 Å². The number of para-hydroxylation sites is 1. The molecule has 0 bridgehead atoms. The molecule has 0 saturated carbocycles. The number of rotatable bonds is 11. The molecule has 4 rings (SSSR count). The molecule has 0 aliphatic rings. The van der Waals surface area contributed by atoms with Gasteiger partial charge in [-0.2, -0.15) is 5.10 Å². The Balaban J connectivity index is 1.35. The Kier molecular flexibility index (Phi) is 10.2. The predicted octanol–water partition coefficient (Wildman–Crippen LogP) is 5.66. The Morgan fingerprint density at radius 1 is 0.905 bits per heavy atom. The van der Waals surface area contributed by atoms with Crippen LogP contribution in [0.2, 0.25) is 10.0 Å². The van der Waals surface area contributed by atoms with Gasteiger partial charge in [-0.05, 0) is 79.2 Å². The number of hydrogen-bond acceptors (Lipinski definition) is 6. The molecule has 12 heteroatoms. The van der Waals surface area contributed by atoms with Crippen molar-refractivity contribution in [3.05, 3.63) is 118 Å². The first-order valence-corrected chi connectivity index (χ1v) is 14.8. The van der Waals surface area contributed by atoms with Crippen molar-refractivity contribution >= 4 is 62.6 Å². The van der Waals surface area contributed by atoms with Crippen molar-refractivity contribution in [2.24, 2.45) is 5.10 Å². The van der Waals surface area contributed by atoms with Gasteiger partial charge in [-0.1, -0.05) is 59.1 Å². The third-order valence-electron chi connectivity index (χ3n) is 5.78. The maximum Gasteiger partial charge on any atom is 0.264 e. The van der Waals surface area contributed by atoms with Crippen LogP contribution in [0.1, 0.15) is 11.1 Å². The molecular weight excluding hydrogens is 599 g/mol. The number of ether oxygens (including phenoxy) is 1. The average molecular weight is 626 g/mol. The first-order valence-electron chi connectivity index (χ1n) is 12.6. The Morgan fingerprint density at radius 2 is 1.62 bits per heavy atom. The average Bonchev–Trinajstić information content (AvgIpc) is 2.96. The molecule has 0 spiro atoms. The summed E-state index contributed by atoms with van der Waals surface area (Å²) in [4.78, 5) is 24.9. The zero-order valence-corrected chi connectivity index (χ0v) is 24.7. The zero-order chi connectivity index (χ0) is 30.1. The number of halogens is 2. The molecular formula is C30H26Cl2N4O5S. The Bertz CT molecular complexity index is 1700. The Labute approximate surface area is 253 Å².